The molecule has 4 nitrogen and oxygen atoms in total. The maximum Gasteiger partial charge on any atom is 0.120 e. The van der Waals surface area contributed by atoms with E-state index in [0.717, 1.165) is 10.2 Å². The quantitative estimate of drug-likeness (QED) is 0.649. The number of ether oxygens (including phenoxy) is 1. The molecule has 1 aromatic carbocycles. The highest BCUT2D eigenvalue weighted by Gasteiger charge is 2.03. The van der Waals surface area contributed by atoms with Gasteiger partial charge >= 0.3 is 0 Å². The Labute approximate surface area is 103 Å². The van der Waals surface area contributed by atoms with Crippen molar-refractivity contribution in [2.24, 2.45) is 0 Å². The van der Waals surface area contributed by atoms with Crippen molar-refractivity contribution in [1.82, 2.24) is 5.32 Å². The second-order valence-corrected chi connectivity index (χ2v) is 4.24. The van der Waals surface area contributed by atoms with Gasteiger partial charge in [-0.25, -0.2) is 0 Å². The molecule has 0 saturated carbocycles. The lowest BCUT2D eigenvalue weighted by molar-refractivity contribution is 0.166. The van der Waals surface area contributed by atoms with Crippen LogP contribution in [0, 0.1) is 0 Å². The molecule has 90 valence electrons. The molecule has 3 N–H and O–H groups in total. The Hall–Kier alpha value is -0.620. The molecule has 5 heteroatoms. The minimum absolute atomic E-state index is 0.0760. The Kier molecular flexibility index (Phi) is 6.40. The van der Waals surface area contributed by atoms with Crippen LogP contribution in [-0.2, 0) is 0 Å². The van der Waals surface area contributed by atoms with E-state index in [-0.39, 0.29) is 19.3 Å². The number of nitrogens with one attached hydrogen (secondary N) is 1. The highest BCUT2D eigenvalue weighted by molar-refractivity contribution is 9.10. The molecule has 0 bridgehead atoms. The Morgan fingerprint density at radius 3 is 2.69 bits per heavy atom. The second kappa shape index (κ2) is 7.62. The van der Waals surface area contributed by atoms with Crippen molar-refractivity contribution in [2.45, 2.75) is 6.04 Å². The molecule has 1 aromatic rings. The molecule has 0 spiro atoms. The predicted octanol–water partition coefficient (Wildman–Crippen LogP) is 0.771. The Balaban J connectivity index is 2.20. The Morgan fingerprint density at radius 1 is 1.31 bits per heavy atom. The third kappa shape index (κ3) is 4.94. The summed E-state index contributed by atoms with van der Waals surface area (Å²) in [5.41, 5.74) is 0. The molecule has 0 radical (unpaired) electrons. The van der Waals surface area contributed by atoms with Gasteiger partial charge in [0.15, 0.2) is 0 Å². The standard InChI is InChI=1S/C11H16BrNO3/c12-9-2-1-3-11(6-9)16-5-4-13-10(7-14)8-15/h1-3,6,10,13-15H,4-5,7-8H2. The fourth-order valence-electron chi connectivity index (χ4n) is 1.18. The lowest BCUT2D eigenvalue weighted by Crippen LogP contribution is -2.38. The average Bonchev–Trinajstić information content (AvgIpc) is 2.29. The lowest BCUT2D eigenvalue weighted by atomic mass is 10.3. The first-order chi connectivity index (χ1) is 7.76. The van der Waals surface area contributed by atoms with E-state index >= 15 is 0 Å². The molecule has 1 rings (SSSR count). The topological polar surface area (TPSA) is 61.7 Å². The van der Waals surface area contributed by atoms with Crippen LogP contribution in [0.5, 0.6) is 5.75 Å². The third-order valence-electron chi connectivity index (χ3n) is 2.04. The zero-order chi connectivity index (χ0) is 11.8. The van der Waals surface area contributed by atoms with Gasteiger partial charge in [0.1, 0.15) is 12.4 Å². The van der Waals surface area contributed by atoms with Gasteiger partial charge in [-0.15, -0.1) is 0 Å². The maximum absolute atomic E-state index is 8.81. The van der Waals surface area contributed by atoms with Crippen molar-refractivity contribution in [3.8, 4) is 5.75 Å². The molecule has 16 heavy (non-hydrogen) atoms. The van der Waals surface area contributed by atoms with Gasteiger partial charge in [0.25, 0.3) is 0 Å². The predicted molar refractivity (Wildman–Crippen MR) is 65.6 cm³/mol. The average molecular weight is 290 g/mol. The number of hydrogen-bond acceptors (Lipinski definition) is 4. The molecule has 0 atom stereocenters. The van der Waals surface area contributed by atoms with Gasteiger partial charge in [0, 0.05) is 11.0 Å². The van der Waals surface area contributed by atoms with Crippen LogP contribution in [0.15, 0.2) is 28.7 Å². The van der Waals surface area contributed by atoms with Crippen molar-refractivity contribution >= 4 is 15.9 Å². The van der Waals surface area contributed by atoms with Crippen LogP contribution in [0.3, 0.4) is 0 Å². The number of rotatable bonds is 7. The number of aliphatic hydroxyl groups excluding tert-OH is 2. The summed E-state index contributed by atoms with van der Waals surface area (Å²) in [5.74, 6) is 0.792. The zero-order valence-electron chi connectivity index (χ0n) is 8.90. The fraction of sp³-hybridized carbons (Fsp3) is 0.455. The summed E-state index contributed by atoms with van der Waals surface area (Å²) in [4.78, 5) is 0. The monoisotopic (exact) mass is 289 g/mol. The SMILES string of the molecule is OCC(CO)NCCOc1cccc(Br)c1. The molecule has 0 unspecified atom stereocenters. The van der Waals surface area contributed by atoms with E-state index in [2.05, 4.69) is 21.2 Å². The molecule has 0 amide bonds. The summed E-state index contributed by atoms with van der Waals surface area (Å²) in [6.45, 7) is 0.923. The first-order valence-corrected chi connectivity index (χ1v) is 5.89. The fourth-order valence-corrected chi connectivity index (χ4v) is 1.55. The molecule has 0 fully saturated rings. The van der Waals surface area contributed by atoms with Gasteiger partial charge in [-0.05, 0) is 18.2 Å². The van der Waals surface area contributed by atoms with Crippen LogP contribution < -0.4 is 10.1 Å². The largest absolute Gasteiger partial charge is 0.492 e. The van der Waals surface area contributed by atoms with E-state index in [1.54, 1.807) is 0 Å². The van der Waals surface area contributed by atoms with E-state index in [9.17, 15) is 0 Å². The number of halogens is 1. The minimum Gasteiger partial charge on any atom is -0.492 e. The molecule has 0 saturated heterocycles. The first kappa shape index (κ1) is 13.4. The van der Waals surface area contributed by atoms with Crippen LogP contribution in [-0.4, -0.2) is 42.6 Å². The van der Waals surface area contributed by atoms with Crippen molar-refractivity contribution in [3.05, 3.63) is 28.7 Å². The van der Waals surface area contributed by atoms with E-state index in [4.69, 9.17) is 14.9 Å². The van der Waals surface area contributed by atoms with Crippen LogP contribution >= 0.6 is 15.9 Å². The van der Waals surface area contributed by atoms with Crippen LogP contribution in [0.4, 0.5) is 0 Å². The lowest BCUT2D eigenvalue weighted by Gasteiger charge is -2.13. The molecular formula is C11H16BrNO3. The molecule has 0 heterocycles. The normalized spacial score (nSPS) is 10.8. The van der Waals surface area contributed by atoms with Crippen LogP contribution in [0.1, 0.15) is 0 Å². The van der Waals surface area contributed by atoms with E-state index in [1.165, 1.54) is 0 Å². The molecule has 0 aliphatic heterocycles. The Bertz CT molecular complexity index is 305. The Morgan fingerprint density at radius 2 is 2.06 bits per heavy atom. The summed E-state index contributed by atoms with van der Waals surface area (Å²) in [6.07, 6.45) is 0. The van der Waals surface area contributed by atoms with Crippen molar-refractivity contribution in [2.75, 3.05) is 26.4 Å². The third-order valence-corrected chi connectivity index (χ3v) is 2.53. The van der Waals surface area contributed by atoms with Gasteiger partial charge in [-0.3, -0.25) is 0 Å². The summed E-state index contributed by atoms with van der Waals surface area (Å²) >= 11 is 3.35. The van der Waals surface area contributed by atoms with Gasteiger partial charge in [-0.2, -0.15) is 0 Å². The smallest absolute Gasteiger partial charge is 0.120 e. The van der Waals surface area contributed by atoms with Crippen LogP contribution in [0.2, 0.25) is 0 Å². The van der Waals surface area contributed by atoms with Gasteiger partial charge in [0.05, 0.1) is 19.3 Å². The van der Waals surface area contributed by atoms with Crippen molar-refractivity contribution in [1.29, 1.82) is 0 Å². The number of aliphatic hydroxyl groups is 2. The highest BCUT2D eigenvalue weighted by Crippen LogP contribution is 2.17. The molecule has 0 aliphatic carbocycles. The summed E-state index contributed by atoms with van der Waals surface area (Å²) in [6, 6.07) is 7.32. The second-order valence-electron chi connectivity index (χ2n) is 3.32. The van der Waals surface area contributed by atoms with E-state index < -0.39 is 0 Å². The van der Waals surface area contributed by atoms with Gasteiger partial charge in [-0.1, -0.05) is 22.0 Å². The van der Waals surface area contributed by atoms with Gasteiger partial charge in [0.2, 0.25) is 0 Å². The van der Waals surface area contributed by atoms with Gasteiger partial charge < -0.3 is 20.3 Å². The van der Waals surface area contributed by atoms with E-state index in [1.807, 2.05) is 24.3 Å². The summed E-state index contributed by atoms with van der Waals surface area (Å²) in [5, 5.41) is 20.6. The summed E-state index contributed by atoms with van der Waals surface area (Å²) < 4.78 is 6.44. The highest BCUT2D eigenvalue weighted by atomic mass is 79.9. The first-order valence-electron chi connectivity index (χ1n) is 5.09. The molecule has 0 aromatic heterocycles. The molecule has 0 aliphatic rings. The molecular weight excluding hydrogens is 274 g/mol. The maximum atomic E-state index is 8.81. The summed E-state index contributed by atoms with van der Waals surface area (Å²) in [7, 11) is 0. The number of benzene rings is 1. The number of hydrogen-bond donors (Lipinski definition) is 3. The van der Waals surface area contributed by atoms with Crippen molar-refractivity contribution in [3.63, 3.8) is 0 Å². The van der Waals surface area contributed by atoms with Crippen molar-refractivity contribution < 1.29 is 14.9 Å². The minimum atomic E-state index is -0.272. The zero-order valence-corrected chi connectivity index (χ0v) is 10.5. The van der Waals surface area contributed by atoms with E-state index in [0.29, 0.717) is 13.2 Å². The van der Waals surface area contributed by atoms with Crippen LogP contribution in [0.25, 0.3) is 0 Å².